The molecule has 0 saturated carbocycles. The molecule has 4 nitrogen and oxygen atoms in total. The molecule has 0 heterocycles. The van der Waals surface area contributed by atoms with E-state index >= 15 is 0 Å². The van der Waals surface area contributed by atoms with E-state index in [-0.39, 0.29) is 11.7 Å². The van der Waals surface area contributed by atoms with Crippen LogP contribution in [0.5, 0.6) is 11.5 Å². The van der Waals surface area contributed by atoms with E-state index < -0.39 is 9.05 Å². The quantitative estimate of drug-likeness (QED) is 0.693. The first-order valence-electron chi connectivity index (χ1n) is 6.13. The first-order valence-corrected chi connectivity index (χ1v) is 8.61. The highest BCUT2D eigenvalue weighted by atomic mass is 35.7. The van der Waals surface area contributed by atoms with E-state index in [0.717, 1.165) is 12.8 Å². The fourth-order valence-corrected chi connectivity index (χ4v) is 3.17. The lowest BCUT2D eigenvalue weighted by Crippen LogP contribution is -2.19. The summed E-state index contributed by atoms with van der Waals surface area (Å²) in [6.45, 7) is 2.33. The molecular formula is C13H19ClO4S. The molecule has 108 valence electrons. The number of hydrogen-bond donors (Lipinski definition) is 0. The second-order valence-electron chi connectivity index (χ2n) is 4.35. The lowest BCUT2D eigenvalue weighted by atomic mass is 10.1. The van der Waals surface area contributed by atoms with Gasteiger partial charge in [-0.05, 0) is 18.6 Å². The minimum atomic E-state index is -3.50. The lowest BCUT2D eigenvalue weighted by Gasteiger charge is -2.15. The van der Waals surface area contributed by atoms with Gasteiger partial charge in [0, 0.05) is 22.7 Å². The number of ether oxygens (including phenoxy) is 2. The monoisotopic (exact) mass is 306 g/mol. The summed E-state index contributed by atoms with van der Waals surface area (Å²) in [7, 11) is 3.38. The first-order chi connectivity index (χ1) is 8.94. The van der Waals surface area contributed by atoms with Gasteiger partial charge in [-0.15, -0.1) is 0 Å². The van der Waals surface area contributed by atoms with Crippen LogP contribution in [0.25, 0.3) is 0 Å². The zero-order valence-corrected chi connectivity index (χ0v) is 12.7. The van der Waals surface area contributed by atoms with Crippen molar-refractivity contribution >= 4 is 19.7 Å². The summed E-state index contributed by atoms with van der Waals surface area (Å²) in [5.74, 6) is 1.20. The molecule has 0 fully saturated rings. The van der Waals surface area contributed by atoms with E-state index in [1.807, 2.05) is 19.1 Å². The highest BCUT2D eigenvalue weighted by Crippen LogP contribution is 2.21. The molecule has 0 bridgehead atoms. The zero-order valence-electron chi connectivity index (χ0n) is 11.1. The van der Waals surface area contributed by atoms with Crippen molar-refractivity contribution in [1.82, 2.24) is 0 Å². The predicted molar refractivity (Wildman–Crippen MR) is 76.5 cm³/mol. The third kappa shape index (κ3) is 6.68. The largest absolute Gasteiger partial charge is 0.497 e. The van der Waals surface area contributed by atoms with Crippen LogP contribution in [-0.4, -0.2) is 27.9 Å². The van der Waals surface area contributed by atoms with E-state index in [9.17, 15) is 8.42 Å². The van der Waals surface area contributed by atoms with Gasteiger partial charge in [0.25, 0.3) is 0 Å². The normalized spacial score (nSPS) is 13.0. The molecule has 0 aromatic heterocycles. The molecule has 0 aliphatic rings. The summed E-state index contributed by atoms with van der Waals surface area (Å²) < 4.78 is 32.9. The Morgan fingerprint density at radius 3 is 2.58 bits per heavy atom. The van der Waals surface area contributed by atoms with E-state index in [1.165, 1.54) is 0 Å². The molecule has 0 spiro atoms. The molecule has 0 N–H and O–H groups in total. The van der Waals surface area contributed by atoms with Crippen molar-refractivity contribution < 1.29 is 17.9 Å². The van der Waals surface area contributed by atoms with Gasteiger partial charge in [-0.1, -0.05) is 19.4 Å². The van der Waals surface area contributed by atoms with Gasteiger partial charge in [0.15, 0.2) is 0 Å². The third-order valence-electron chi connectivity index (χ3n) is 2.66. The second kappa shape index (κ2) is 7.60. The predicted octanol–water partition coefficient (Wildman–Crippen LogP) is 3.06. The van der Waals surface area contributed by atoms with Crippen LogP contribution in [0.15, 0.2) is 24.3 Å². The maximum atomic E-state index is 11.1. The van der Waals surface area contributed by atoms with Gasteiger partial charge >= 0.3 is 0 Å². The van der Waals surface area contributed by atoms with Crippen molar-refractivity contribution in [3.63, 3.8) is 0 Å². The van der Waals surface area contributed by atoms with Crippen molar-refractivity contribution in [1.29, 1.82) is 0 Å². The van der Waals surface area contributed by atoms with E-state index in [4.69, 9.17) is 20.2 Å². The third-order valence-corrected chi connectivity index (χ3v) is 3.91. The highest BCUT2D eigenvalue weighted by Gasteiger charge is 2.17. The van der Waals surface area contributed by atoms with E-state index in [0.29, 0.717) is 18.1 Å². The SMILES string of the molecule is CCCC(COc1cccc(OC)c1)CS(=O)(=O)Cl. The molecule has 1 unspecified atom stereocenters. The van der Waals surface area contributed by atoms with Crippen LogP contribution in [0, 0.1) is 5.92 Å². The minimum absolute atomic E-state index is 0.0631. The fourth-order valence-electron chi connectivity index (χ4n) is 1.81. The Morgan fingerprint density at radius 1 is 1.32 bits per heavy atom. The Kier molecular flexibility index (Phi) is 6.45. The summed E-state index contributed by atoms with van der Waals surface area (Å²) in [6.07, 6.45) is 1.65. The second-order valence-corrected chi connectivity index (χ2v) is 7.17. The topological polar surface area (TPSA) is 52.6 Å². The summed E-state index contributed by atoms with van der Waals surface area (Å²) in [6, 6.07) is 7.21. The van der Waals surface area contributed by atoms with Crippen molar-refractivity contribution in [2.24, 2.45) is 5.92 Å². The lowest BCUT2D eigenvalue weighted by molar-refractivity contribution is 0.252. The Bertz CT molecular complexity index is 487. The summed E-state index contributed by atoms with van der Waals surface area (Å²) in [4.78, 5) is 0. The first kappa shape index (κ1) is 16.1. The number of benzene rings is 1. The molecule has 1 rings (SSSR count). The van der Waals surface area contributed by atoms with Gasteiger partial charge in [-0.25, -0.2) is 8.42 Å². The van der Waals surface area contributed by atoms with Crippen LogP contribution in [0.4, 0.5) is 0 Å². The van der Waals surface area contributed by atoms with Gasteiger partial charge in [-0.3, -0.25) is 0 Å². The van der Waals surface area contributed by atoms with Crippen LogP contribution in [0.3, 0.4) is 0 Å². The average molecular weight is 307 g/mol. The Morgan fingerprint density at radius 2 is 2.00 bits per heavy atom. The van der Waals surface area contributed by atoms with E-state index in [2.05, 4.69) is 0 Å². The molecule has 1 aromatic rings. The van der Waals surface area contributed by atoms with Gasteiger partial charge in [0.2, 0.25) is 9.05 Å². The smallest absolute Gasteiger partial charge is 0.232 e. The van der Waals surface area contributed by atoms with Crippen molar-refractivity contribution in [3.8, 4) is 11.5 Å². The van der Waals surface area contributed by atoms with Crippen LogP contribution >= 0.6 is 10.7 Å². The summed E-state index contributed by atoms with van der Waals surface area (Å²) in [5.41, 5.74) is 0. The molecular weight excluding hydrogens is 288 g/mol. The van der Waals surface area contributed by atoms with Gasteiger partial charge < -0.3 is 9.47 Å². The van der Waals surface area contributed by atoms with Crippen molar-refractivity contribution in [2.75, 3.05) is 19.5 Å². The maximum absolute atomic E-state index is 11.1. The standard InChI is InChI=1S/C13H19ClO4S/c1-3-5-11(10-19(14,15)16)9-18-13-7-4-6-12(8-13)17-2/h4,6-8,11H,3,5,9-10H2,1-2H3. The molecule has 19 heavy (non-hydrogen) atoms. The van der Waals surface area contributed by atoms with Gasteiger partial charge in [-0.2, -0.15) is 0 Å². The van der Waals surface area contributed by atoms with E-state index in [1.54, 1.807) is 19.2 Å². The molecule has 0 aliphatic heterocycles. The minimum Gasteiger partial charge on any atom is -0.497 e. The Labute approximate surface area is 119 Å². The average Bonchev–Trinajstić information content (AvgIpc) is 2.35. The molecule has 1 aromatic carbocycles. The van der Waals surface area contributed by atoms with Crippen LogP contribution < -0.4 is 9.47 Å². The summed E-state index contributed by atoms with van der Waals surface area (Å²) >= 11 is 0. The van der Waals surface area contributed by atoms with Gasteiger partial charge in [0.05, 0.1) is 19.5 Å². The fraction of sp³-hybridized carbons (Fsp3) is 0.538. The van der Waals surface area contributed by atoms with Crippen molar-refractivity contribution in [2.45, 2.75) is 19.8 Å². The molecule has 0 radical (unpaired) electrons. The highest BCUT2D eigenvalue weighted by molar-refractivity contribution is 8.13. The Hall–Kier alpha value is -0.940. The number of methoxy groups -OCH3 is 1. The number of hydrogen-bond acceptors (Lipinski definition) is 4. The number of rotatable bonds is 8. The van der Waals surface area contributed by atoms with Crippen LogP contribution in [0.2, 0.25) is 0 Å². The zero-order chi connectivity index (χ0) is 14.3. The molecule has 0 amide bonds. The summed E-state index contributed by atoms with van der Waals surface area (Å²) in [5, 5.41) is 0. The van der Waals surface area contributed by atoms with Crippen LogP contribution in [-0.2, 0) is 9.05 Å². The maximum Gasteiger partial charge on any atom is 0.232 e. The molecule has 6 heteroatoms. The van der Waals surface area contributed by atoms with Gasteiger partial charge in [0.1, 0.15) is 11.5 Å². The molecule has 0 saturated heterocycles. The Balaban J connectivity index is 2.59. The number of halogens is 1. The van der Waals surface area contributed by atoms with Crippen molar-refractivity contribution in [3.05, 3.63) is 24.3 Å². The molecule has 1 atom stereocenters. The van der Waals surface area contributed by atoms with Crippen LogP contribution in [0.1, 0.15) is 19.8 Å². The molecule has 0 aliphatic carbocycles.